The van der Waals surface area contributed by atoms with Gasteiger partial charge in [0.2, 0.25) is 0 Å². The predicted octanol–water partition coefficient (Wildman–Crippen LogP) is 9.44. The maximum Gasteiger partial charge on any atom is 0.185 e. The summed E-state index contributed by atoms with van der Waals surface area (Å²) in [5, 5.41) is 0. The third-order valence-corrected chi connectivity index (χ3v) is 6.03. The lowest BCUT2D eigenvalue weighted by Crippen LogP contribution is -2.10. The number of hydrogen-bond donors (Lipinski definition) is 0. The molecule has 1 fully saturated rings. The molecule has 0 spiro atoms. The number of hydrogen-bond acceptors (Lipinski definition) is 2. The first-order valence-electron chi connectivity index (χ1n) is 13.5. The summed E-state index contributed by atoms with van der Waals surface area (Å²) >= 11 is 0. The lowest BCUT2D eigenvalue weighted by Gasteiger charge is -2.17. The summed E-state index contributed by atoms with van der Waals surface area (Å²) < 4.78 is 12.2. The minimum absolute atomic E-state index is 0.0895. The Kier molecular flexibility index (Phi) is 13.4. The smallest absolute Gasteiger partial charge is 0.185 e. The monoisotopic (exact) mass is 482 g/mol. The molecule has 0 amide bonds. The van der Waals surface area contributed by atoms with E-state index < -0.39 is 0 Å². The van der Waals surface area contributed by atoms with Gasteiger partial charge < -0.3 is 9.47 Å². The Labute approximate surface area is 218 Å². The van der Waals surface area contributed by atoms with Gasteiger partial charge >= 0.3 is 0 Å². The van der Waals surface area contributed by atoms with Gasteiger partial charge in [0, 0.05) is 0 Å². The lowest BCUT2D eigenvalue weighted by molar-refractivity contribution is 0.00809. The van der Waals surface area contributed by atoms with Crippen molar-refractivity contribution in [3.63, 3.8) is 0 Å². The summed E-state index contributed by atoms with van der Waals surface area (Å²) in [6.07, 6.45) is 30.8. The van der Waals surface area contributed by atoms with Crippen molar-refractivity contribution in [1.29, 1.82) is 0 Å². The summed E-state index contributed by atoms with van der Waals surface area (Å²) in [5.74, 6) is 0. The molecular formula is C34H42O2. The van der Waals surface area contributed by atoms with Crippen molar-refractivity contribution < 1.29 is 9.47 Å². The van der Waals surface area contributed by atoms with Crippen molar-refractivity contribution >= 4 is 0 Å². The van der Waals surface area contributed by atoms with E-state index in [1.165, 1.54) is 0 Å². The van der Waals surface area contributed by atoms with Crippen molar-refractivity contribution in [1.82, 2.24) is 0 Å². The summed E-state index contributed by atoms with van der Waals surface area (Å²) in [4.78, 5) is 0. The Morgan fingerprint density at radius 3 is 1.64 bits per heavy atom. The molecule has 2 unspecified atom stereocenters. The van der Waals surface area contributed by atoms with Gasteiger partial charge in [0.05, 0.1) is 0 Å². The van der Waals surface area contributed by atoms with Crippen LogP contribution in [0.25, 0.3) is 0 Å². The van der Waals surface area contributed by atoms with Gasteiger partial charge in [-0.05, 0) is 62.5 Å². The van der Waals surface area contributed by atoms with E-state index in [2.05, 4.69) is 116 Å². The van der Waals surface area contributed by atoms with Gasteiger partial charge in [0.1, 0.15) is 12.2 Å². The Morgan fingerprint density at radius 2 is 1.14 bits per heavy atom. The molecule has 0 saturated carbocycles. The Morgan fingerprint density at radius 1 is 0.667 bits per heavy atom. The Balaban J connectivity index is 1.24. The van der Waals surface area contributed by atoms with E-state index in [1.54, 1.807) is 0 Å². The predicted molar refractivity (Wildman–Crippen MR) is 153 cm³/mol. The molecule has 3 rings (SSSR count). The highest BCUT2D eigenvalue weighted by molar-refractivity contribution is 5.30. The van der Waals surface area contributed by atoms with E-state index >= 15 is 0 Å². The minimum atomic E-state index is -0.108. The van der Waals surface area contributed by atoms with E-state index in [-0.39, 0.29) is 18.5 Å². The highest BCUT2D eigenvalue weighted by Crippen LogP contribution is 2.36. The van der Waals surface area contributed by atoms with Gasteiger partial charge in [-0.3, -0.25) is 0 Å². The first-order chi connectivity index (χ1) is 17.9. The molecule has 0 aromatic heterocycles. The van der Waals surface area contributed by atoms with Crippen LogP contribution in [0, 0.1) is 0 Å². The molecule has 0 bridgehead atoms. The van der Waals surface area contributed by atoms with Crippen LogP contribution in [0.3, 0.4) is 0 Å². The summed E-state index contributed by atoms with van der Waals surface area (Å²) in [6, 6.07) is 20.8. The van der Waals surface area contributed by atoms with Crippen molar-refractivity contribution in [2.24, 2.45) is 0 Å². The van der Waals surface area contributed by atoms with Crippen LogP contribution in [0.2, 0.25) is 0 Å². The second-order valence-corrected chi connectivity index (χ2v) is 9.02. The van der Waals surface area contributed by atoms with Crippen molar-refractivity contribution in [3.05, 3.63) is 133 Å². The molecule has 1 saturated heterocycles. The van der Waals surface area contributed by atoms with Gasteiger partial charge in [0.25, 0.3) is 0 Å². The van der Waals surface area contributed by atoms with Gasteiger partial charge in [-0.15, -0.1) is 0 Å². The first kappa shape index (κ1) is 27.6. The average molecular weight is 483 g/mol. The molecule has 0 N–H and O–H groups in total. The Bertz CT molecular complexity index is 929. The Hall–Kier alpha value is -2.94. The second kappa shape index (κ2) is 17.5. The molecule has 1 aliphatic heterocycles. The zero-order valence-electron chi connectivity index (χ0n) is 21.8. The van der Waals surface area contributed by atoms with Gasteiger partial charge in [-0.1, -0.05) is 128 Å². The van der Waals surface area contributed by atoms with Crippen LogP contribution in [0.1, 0.15) is 75.5 Å². The molecule has 0 aliphatic carbocycles. The normalized spacial score (nSPS) is 18.2. The molecule has 36 heavy (non-hydrogen) atoms. The quantitative estimate of drug-likeness (QED) is 0.127. The number of allylic oxidation sites excluding steroid dienone is 10. The summed E-state index contributed by atoms with van der Waals surface area (Å²) in [6.45, 7) is 2.16. The highest BCUT2D eigenvalue weighted by Gasteiger charge is 2.41. The van der Waals surface area contributed by atoms with Crippen LogP contribution in [-0.4, -0.2) is 12.4 Å². The van der Waals surface area contributed by atoms with Crippen molar-refractivity contribution in [2.75, 3.05) is 0 Å². The van der Waals surface area contributed by atoms with Crippen LogP contribution in [-0.2, 0) is 9.47 Å². The fourth-order valence-electron chi connectivity index (χ4n) is 4.00. The van der Waals surface area contributed by atoms with Crippen LogP contribution in [0.4, 0.5) is 0 Å². The number of ether oxygens (including phenoxy) is 2. The second-order valence-electron chi connectivity index (χ2n) is 9.02. The number of unbranched alkanes of at least 4 members (excludes halogenated alkanes) is 1. The van der Waals surface area contributed by atoms with Crippen LogP contribution in [0.15, 0.2) is 121 Å². The third kappa shape index (κ3) is 11.2. The number of epoxide rings is 1. The first-order valence-corrected chi connectivity index (χ1v) is 13.5. The maximum absolute atomic E-state index is 6.37. The van der Waals surface area contributed by atoms with Gasteiger partial charge in [0.15, 0.2) is 6.29 Å². The minimum Gasteiger partial charge on any atom is -0.341 e. The molecule has 190 valence electrons. The molecule has 2 aromatic rings. The van der Waals surface area contributed by atoms with Gasteiger partial charge in [-0.25, -0.2) is 0 Å². The van der Waals surface area contributed by atoms with E-state index in [0.29, 0.717) is 0 Å². The van der Waals surface area contributed by atoms with E-state index in [0.717, 1.165) is 62.5 Å². The standard InChI is InChI=1S/C34H42O2/c1-2-3-4-5-6-7-8-9-10-11-12-13-14-15-16-17-24-29-32-34(35-32)36-33(30-25-20-18-21-26-30)31-27-22-19-23-28-31/h3-4,6-7,9-10,12-13,15-16,18-23,25-28,32-34H,2,5,8,11,14,17,24,29H2,1H3. The van der Waals surface area contributed by atoms with Crippen LogP contribution >= 0.6 is 0 Å². The maximum atomic E-state index is 6.37. The molecule has 1 heterocycles. The van der Waals surface area contributed by atoms with E-state index in [1.807, 2.05) is 12.1 Å². The SMILES string of the molecule is CCC=CCC=CCC=CCC=CCC=CCCCC1OC1OC(c1ccccc1)c1ccccc1. The fourth-order valence-corrected chi connectivity index (χ4v) is 4.00. The lowest BCUT2D eigenvalue weighted by atomic mass is 10.0. The molecule has 0 radical (unpaired) electrons. The molecule has 2 atom stereocenters. The zero-order valence-corrected chi connectivity index (χ0v) is 21.8. The van der Waals surface area contributed by atoms with E-state index in [4.69, 9.17) is 9.47 Å². The van der Waals surface area contributed by atoms with Crippen LogP contribution < -0.4 is 0 Å². The molecular weight excluding hydrogens is 440 g/mol. The van der Waals surface area contributed by atoms with Crippen molar-refractivity contribution in [2.45, 2.75) is 76.8 Å². The molecule has 2 nitrogen and oxygen atoms in total. The summed E-state index contributed by atoms with van der Waals surface area (Å²) in [7, 11) is 0. The molecule has 2 aromatic carbocycles. The third-order valence-electron chi connectivity index (χ3n) is 6.03. The largest absolute Gasteiger partial charge is 0.341 e. The number of benzene rings is 2. The van der Waals surface area contributed by atoms with Gasteiger partial charge in [-0.2, -0.15) is 0 Å². The average Bonchev–Trinajstić information content (AvgIpc) is 3.67. The molecule has 2 heteroatoms. The van der Waals surface area contributed by atoms with Crippen LogP contribution in [0.5, 0.6) is 0 Å². The highest BCUT2D eigenvalue weighted by atomic mass is 16.8. The molecule has 1 aliphatic rings. The fraction of sp³-hybridized carbons (Fsp3) is 0.353. The van der Waals surface area contributed by atoms with E-state index in [9.17, 15) is 0 Å². The topological polar surface area (TPSA) is 21.8 Å². The van der Waals surface area contributed by atoms with Crippen molar-refractivity contribution in [3.8, 4) is 0 Å². The number of rotatable bonds is 17. The zero-order chi connectivity index (χ0) is 25.1. The summed E-state index contributed by atoms with van der Waals surface area (Å²) in [5.41, 5.74) is 2.33.